The SMILES string of the molecule is FC(O[SiH3])C(Cl)Cl. The summed E-state index contributed by atoms with van der Waals surface area (Å²) >= 11 is 10.0. The van der Waals surface area contributed by atoms with E-state index in [2.05, 4.69) is 4.43 Å². The van der Waals surface area contributed by atoms with Crippen molar-refractivity contribution in [3.8, 4) is 0 Å². The topological polar surface area (TPSA) is 9.23 Å². The van der Waals surface area contributed by atoms with Gasteiger partial charge in [0.2, 0.25) is 6.36 Å². The molecule has 0 saturated carbocycles. The van der Waals surface area contributed by atoms with Gasteiger partial charge in [0, 0.05) is 0 Å². The highest BCUT2D eigenvalue weighted by Crippen LogP contribution is 2.10. The van der Waals surface area contributed by atoms with E-state index < -0.39 is 11.2 Å². The minimum absolute atomic E-state index is 0.327. The molecule has 0 amide bonds. The van der Waals surface area contributed by atoms with E-state index in [1.807, 2.05) is 0 Å². The molecule has 0 aliphatic heterocycles. The Morgan fingerprint density at radius 2 is 2.00 bits per heavy atom. The number of alkyl halides is 3. The number of halogens is 3. The average Bonchev–Trinajstić information content (AvgIpc) is 1.65. The molecular weight excluding hydrogens is 158 g/mol. The molecule has 0 heterocycles. The minimum Gasteiger partial charge on any atom is -0.398 e. The van der Waals surface area contributed by atoms with Crippen LogP contribution in [0.15, 0.2) is 0 Å². The van der Waals surface area contributed by atoms with Crippen LogP contribution in [-0.2, 0) is 4.43 Å². The van der Waals surface area contributed by atoms with Gasteiger partial charge >= 0.3 is 0 Å². The zero-order valence-electron chi connectivity index (χ0n) is 3.70. The van der Waals surface area contributed by atoms with Crippen molar-refractivity contribution in [2.75, 3.05) is 0 Å². The summed E-state index contributed by atoms with van der Waals surface area (Å²) in [6, 6.07) is 0. The molecule has 0 bridgehead atoms. The second-order valence-corrected chi connectivity index (χ2v) is 2.56. The van der Waals surface area contributed by atoms with Gasteiger partial charge in [-0.3, -0.25) is 0 Å². The second-order valence-electron chi connectivity index (χ2n) is 0.921. The van der Waals surface area contributed by atoms with Crippen molar-refractivity contribution in [1.82, 2.24) is 0 Å². The first kappa shape index (κ1) is 7.69. The van der Waals surface area contributed by atoms with Crippen molar-refractivity contribution in [2.45, 2.75) is 11.2 Å². The molecule has 1 nitrogen and oxygen atoms in total. The summed E-state index contributed by atoms with van der Waals surface area (Å²) in [5, 5.41) is 0. The fourth-order valence-corrected chi connectivity index (χ4v) is 0.926. The zero-order valence-corrected chi connectivity index (χ0v) is 7.21. The van der Waals surface area contributed by atoms with Crippen LogP contribution in [0, 0.1) is 0 Å². The monoisotopic (exact) mass is 162 g/mol. The third-order valence-electron chi connectivity index (χ3n) is 0.423. The van der Waals surface area contributed by atoms with Crippen LogP contribution in [-0.4, -0.2) is 21.7 Å². The Kier molecular flexibility index (Phi) is 4.02. The van der Waals surface area contributed by atoms with E-state index in [9.17, 15) is 4.39 Å². The van der Waals surface area contributed by atoms with E-state index in [4.69, 9.17) is 23.2 Å². The minimum atomic E-state index is -1.50. The van der Waals surface area contributed by atoms with Crippen LogP contribution in [0.1, 0.15) is 0 Å². The van der Waals surface area contributed by atoms with Crippen LogP contribution >= 0.6 is 23.2 Å². The number of hydrogen-bond acceptors (Lipinski definition) is 1. The third kappa shape index (κ3) is 3.29. The summed E-state index contributed by atoms with van der Waals surface area (Å²) in [6.45, 7) is 0. The Morgan fingerprint density at radius 3 is 2.00 bits per heavy atom. The molecule has 0 rings (SSSR count). The van der Waals surface area contributed by atoms with E-state index in [-0.39, 0.29) is 0 Å². The smallest absolute Gasteiger partial charge is 0.219 e. The lowest BCUT2D eigenvalue weighted by Gasteiger charge is -2.03. The fourth-order valence-electron chi connectivity index (χ4n) is 0.103. The summed E-state index contributed by atoms with van der Waals surface area (Å²) in [6.07, 6.45) is -1.50. The largest absolute Gasteiger partial charge is 0.398 e. The Labute approximate surface area is 54.3 Å². The first-order valence-electron chi connectivity index (χ1n) is 1.63. The highest BCUT2D eigenvalue weighted by molar-refractivity contribution is 6.44. The van der Waals surface area contributed by atoms with Crippen molar-refractivity contribution in [3.63, 3.8) is 0 Å². The number of hydrogen-bond donors (Lipinski definition) is 0. The quantitative estimate of drug-likeness (QED) is 0.422. The van der Waals surface area contributed by atoms with Crippen molar-refractivity contribution >= 4 is 33.7 Å². The second kappa shape index (κ2) is 3.66. The molecule has 0 aliphatic carbocycles. The van der Waals surface area contributed by atoms with Crippen molar-refractivity contribution < 1.29 is 8.82 Å². The summed E-state index contributed by atoms with van der Waals surface area (Å²) < 4.78 is 16.0. The van der Waals surface area contributed by atoms with Gasteiger partial charge in [-0.2, -0.15) is 0 Å². The lowest BCUT2D eigenvalue weighted by molar-refractivity contribution is 0.0913. The van der Waals surface area contributed by atoms with Gasteiger partial charge in [0.15, 0.2) is 4.84 Å². The lowest BCUT2D eigenvalue weighted by atomic mass is 10.8. The predicted octanol–water partition coefficient (Wildman–Crippen LogP) is 0.383. The van der Waals surface area contributed by atoms with Gasteiger partial charge in [0.25, 0.3) is 0 Å². The van der Waals surface area contributed by atoms with E-state index in [0.717, 1.165) is 0 Å². The molecule has 0 spiro atoms. The zero-order chi connectivity index (χ0) is 5.86. The van der Waals surface area contributed by atoms with Gasteiger partial charge in [-0.15, -0.1) is 0 Å². The molecule has 44 valence electrons. The molecule has 0 aromatic carbocycles. The van der Waals surface area contributed by atoms with Gasteiger partial charge in [0.05, 0.1) is 0 Å². The standard InChI is InChI=1S/C2H5Cl2FOSi/c3-1(4)2(5)6-7/h1-2H,7H3. The first-order valence-corrected chi connectivity index (χ1v) is 3.32. The lowest BCUT2D eigenvalue weighted by Crippen LogP contribution is -2.11. The van der Waals surface area contributed by atoms with E-state index in [1.54, 1.807) is 0 Å². The molecule has 0 fully saturated rings. The van der Waals surface area contributed by atoms with Gasteiger partial charge in [0.1, 0.15) is 10.5 Å². The van der Waals surface area contributed by atoms with E-state index in [0.29, 0.717) is 10.5 Å². The van der Waals surface area contributed by atoms with Gasteiger partial charge < -0.3 is 4.43 Å². The van der Waals surface area contributed by atoms with Gasteiger partial charge in [-0.05, 0) is 0 Å². The highest BCUT2D eigenvalue weighted by Gasteiger charge is 2.11. The average molecular weight is 163 g/mol. The molecule has 0 saturated heterocycles. The summed E-state index contributed by atoms with van der Waals surface area (Å²) in [4.78, 5) is -1.04. The van der Waals surface area contributed by atoms with Gasteiger partial charge in [-0.1, -0.05) is 23.2 Å². The summed E-state index contributed by atoms with van der Waals surface area (Å²) in [5.41, 5.74) is 0. The third-order valence-corrected chi connectivity index (χ3v) is 1.27. The highest BCUT2D eigenvalue weighted by atomic mass is 35.5. The molecule has 0 N–H and O–H groups in total. The molecular formula is C2H5Cl2FOSi. The van der Waals surface area contributed by atoms with Crippen LogP contribution in [0.25, 0.3) is 0 Å². The molecule has 5 heteroatoms. The predicted molar refractivity (Wildman–Crippen MR) is 31.4 cm³/mol. The normalized spacial score (nSPS) is 15.4. The van der Waals surface area contributed by atoms with Crippen LogP contribution in [0.3, 0.4) is 0 Å². The maximum absolute atomic E-state index is 11.8. The van der Waals surface area contributed by atoms with E-state index >= 15 is 0 Å². The van der Waals surface area contributed by atoms with Gasteiger partial charge in [-0.25, -0.2) is 4.39 Å². The van der Waals surface area contributed by atoms with Crippen molar-refractivity contribution in [1.29, 1.82) is 0 Å². The van der Waals surface area contributed by atoms with Crippen molar-refractivity contribution in [2.24, 2.45) is 0 Å². The number of rotatable bonds is 2. The molecule has 7 heavy (non-hydrogen) atoms. The van der Waals surface area contributed by atoms with Crippen LogP contribution in [0.4, 0.5) is 4.39 Å². The fraction of sp³-hybridized carbons (Fsp3) is 1.00. The molecule has 0 radical (unpaired) electrons. The maximum Gasteiger partial charge on any atom is 0.219 e. The Balaban J connectivity index is 3.14. The summed E-state index contributed by atoms with van der Waals surface area (Å²) in [7, 11) is 0.327. The Hall–Kier alpha value is 0.687. The molecule has 0 aliphatic rings. The molecule has 0 aromatic heterocycles. The molecule has 1 atom stereocenters. The Bertz CT molecular complexity index is 53.0. The maximum atomic E-state index is 11.8. The van der Waals surface area contributed by atoms with E-state index in [1.165, 1.54) is 0 Å². The van der Waals surface area contributed by atoms with Crippen LogP contribution in [0.2, 0.25) is 0 Å². The van der Waals surface area contributed by atoms with Crippen LogP contribution in [0.5, 0.6) is 0 Å². The van der Waals surface area contributed by atoms with Crippen LogP contribution < -0.4 is 0 Å². The molecule has 0 aromatic rings. The Morgan fingerprint density at radius 1 is 1.57 bits per heavy atom. The van der Waals surface area contributed by atoms with Crippen molar-refractivity contribution in [3.05, 3.63) is 0 Å². The molecule has 1 unspecified atom stereocenters. The summed E-state index contributed by atoms with van der Waals surface area (Å²) in [5.74, 6) is 0. The first-order chi connectivity index (χ1) is 3.18.